The van der Waals surface area contributed by atoms with Crippen LogP contribution in [0.4, 0.5) is 0 Å². The Morgan fingerprint density at radius 1 is 1.11 bits per heavy atom. The first-order valence-corrected chi connectivity index (χ1v) is 14.6. The third kappa shape index (κ3) is 6.49. The summed E-state index contributed by atoms with van der Waals surface area (Å²) >= 11 is 1.24. The number of carbonyl (C=O) groups excluding carboxylic acids is 1. The van der Waals surface area contributed by atoms with Crippen molar-refractivity contribution in [3.05, 3.63) is 45.8 Å². The molecule has 1 heterocycles. The fraction of sp³-hybridized carbons (Fsp3) is 0.593. The van der Waals surface area contributed by atoms with Gasteiger partial charge in [-0.25, -0.2) is 8.42 Å². The highest BCUT2D eigenvalue weighted by Gasteiger charge is 2.36. The molecule has 0 amide bonds. The molecular weight excluding hydrogens is 498 g/mol. The number of benzene rings is 1. The molecule has 36 heavy (non-hydrogen) atoms. The zero-order valence-electron chi connectivity index (χ0n) is 22.9. The lowest BCUT2D eigenvalue weighted by Gasteiger charge is -2.32. The van der Waals surface area contributed by atoms with Crippen LogP contribution in [0.25, 0.3) is 0 Å². The van der Waals surface area contributed by atoms with Crippen LogP contribution in [-0.4, -0.2) is 45.4 Å². The Balaban J connectivity index is 2.43. The fourth-order valence-electron chi connectivity index (χ4n) is 4.16. The number of hydrogen-bond acceptors (Lipinski definition) is 7. The minimum atomic E-state index is -3.90. The van der Waals surface area contributed by atoms with Crippen LogP contribution < -0.4 is 9.46 Å². The van der Waals surface area contributed by atoms with Crippen molar-refractivity contribution in [1.29, 1.82) is 0 Å². The Kier molecular flexibility index (Phi) is 9.78. The summed E-state index contributed by atoms with van der Waals surface area (Å²) in [5.74, 6) is 0.0760. The number of thiophene rings is 1. The van der Waals surface area contributed by atoms with Gasteiger partial charge in [0.1, 0.15) is 22.6 Å². The van der Waals surface area contributed by atoms with E-state index in [1.807, 2.05) is 45.9 Å². The summed E-state index contributed by atoms with van der Waals surface area (Å²) in [6.45, 7) is 15.5. The molecule has 2 atom stereocenters. The zero-order chi connectivity index (χ0) is 27.5. The van der Waals surface area contributed by atoms with E-state index in [2.05, 4.69) is 29.4 Å². The minimum Gasteiger partial charge on any atom is -0.491 e. The number of ether oxygens (including phenoxy) is 2. The molecule has 0 saturated carbocycles. The number of esters is 1. The molecule has 0 aliphatic heterocycles. The Morgan fingerprint density at radius 2 is 1.72 bits per heavy atom. The highest BCUT2D eigenvalue weighted by molar-refractivity contribution is 7.91. The predicted molar refractivity (Wildman–Crippen MR) is 144 cm³/mol. The smallest absolute Gasteiger partial charge is 0.323 e. The van der Waals surface area contributed by atoms with Gasteiger partial charge in [-0.3, -0.25) is 4.79 Å². The third-order valence-electron chi connectivity index (χ3n) is 6.81. The summed E-state index contributed by atoms with van der Waals surface area (Å²) in [7, 11) is -2.68. The predicted octanol–water partition coefficient (Wildman–Crippen LogP) is 5.10. The fourth-order valence-corrected chi connectivity index (χ4v) is 7.42. The molecular formula is C27H41NO6S2. The standard InChI is InChI=1S/C27H41NO6S2/c1-10-27(11-2,20-12-13-21(17(3)14-20)34-16-22(29)26(6,7)8)23-15-18(4)25(35-23)36(31,32)28-19(5)24(30)33-9/h12-15,19,22,28-29H,10-11,16H2,1-9H3/t19-,22?/m1/s1. The molecule has 0 bridgehead atoms. The highest BCUT2D eigenvalue weighted by Crippen LogP contribution is 2.45. The van der Waals surface area contributed by atoms with Crippen LogP contribution in [-0.2, 0) is 25.0 Å². The quantitative estimate of drug-likeness (QED) is 0.386. The van der Waals surface area contributed by atoms with Gasteiger partial charge in [-0.15, -0.1) is 11.3 Å². The number of aliphatic hydroxyl groups excluding tert-OH is 1. The Hall–Kier alpha value is -1.94. The summed E-state index contributed by atoms with van der Waals surface area (Å²) in [5.41, 5.74) is 2.01. The topological polar surface area (TPSA) is 102 Å². The van der Waals surface area contributed by atoms with E-state index in [-0.39, 0.29) is 21.6 Å². The van der Waals surface area contributed by atoms with Gasteiger partial charge in [0.25, 0.3) is 10.0 Å². The molecule has 1 aromatic heterocycles. The molecule has 0 spiro atoms. The Labute approximate surface area is 220 Å². The average molecular weight is 540 g/mol. The lowest BCUT2D eigenvalue weighted by Crippen LogP contribution is -2.39. The van der Waals surface area contributed by atoms with Crippen molar-refractivity contribution in [2.45, 2.75) is 90.0 Å². The van der Waals surface area contributed by atoms with Crippen LogP contribution in [0.5, 0.6) is 5.75 Å². The molecule has 202 valence electrons. The van der Waals surface area contributed by atoms with Crippen LogP contribution >= 0.6 is 11.3 Å². The molecule has 1 unspecified atom stereocenters. The highest BCUT2D eigenvalue weighted by atomic mass is 32.2. The van der Waals surface area contributed by atoms with E-state index < -0.39 is 28.1 Å². The summed E-state index contributed by atoms with van der Waals surface area (Å²) in [6, 6.07) is 7.00. The van der Waals surface area contributed by atoms with Crippen molar-refractivity contribution >= 4 is 27.3 Å². The van der Waals surface area contributed by atoms with Crippen LogP contribution in [0, 0.1) is 19.3 Å². The summed E-state index contributed by atoms with van der Waals surface area (Å²) < 4.78 is 39.4. The van der Waals surface area contributed by atoms with Crippen molar-refractivity contribution in [3.8, 4) is 5.75 Å². The minimum absolute atomic E-state index is 0.201. The third-order valence-corrected chi connectivity index (χ3v) is 10.4. The second-order valence-corrected chi connectivity index (χ2v) is 13.4. The van der Waals surface area contributed by atoms with Gasteiger partial charge in [-0.1, -0.05) is 46.8 Å². The van der Waals surface area contributed by atoms with Crippen molar-refractivity contribution in [2.24, 2.45) is 5.41 Å². The van der Waals surface area contributed by atoms with E-state index in [0.29, 0.717) is 5.56 Å². The zero-order valence-corrected chi connectivity index (χ0v) is 24.5. The van der Waals surface area contributed by atoms with Crippen LogP contribution in [0.3, 0.4) is 0 Å². The number of methoxy groups -OCH3 is 1. The number of carbonyl (C=O) groups is 1. The maximum absolute atomic E-state index is 13.1. The molecule has 0 aliphatic carbocycles. The second-order valence-electron chi connectivity index (χ2n) is 10.4. The molecule has 0 aliphatic rings. The maximum Gasteiger partial charge on any atom is 0.323 e. The number of rotatable bonds is 11. The monoisotopic (exact) mass is 539 g/mol. The van der Waals surface area contributed by atoms with Gasteiger partial charge in [-0.05, 0) is 67.9 Å². The molecule has 2 aromatic rings. The molecule has 9 heteroatoms. The number of sulfonamides is 1. The van der Waals surface area contributed by atoms with Crippen LogP contribution in [0.2, 0.25) is 0 Å². The molecule has 0 saturated heterocycles. The number of nitrogens with one attached hydrogen (secondary N) is 1. The van der Waals surface area contributed by atoms with Gasteiger partial charge in [-0.2, -0.15) is 4.72 Å². The molecule has 0 radical (unpaired) electrons. The van der Waals surface area contributed by atoms with Gasteiger partial charge in [0.2, 0.25) is 0 Å². The Bertz CT molecular complexity index is 1160. The van der Waals surface area contributed by atoms with Crippen molar-refractivity contribution in [2.75, 3.05) is 13.7 Å². The molecule has 2 rings (SSSR count). The first kappa shape index (κ1) is 30.3. The van der Waals surface area contributed by atoms with Crippen LogP contribution in [0.15, 0.2) is 28.5 Å². The summed E-state index contributed by atoms with van der Waals surface area (Å²) in [5, 5.41) is 10.3. The normalized spacial score (nSPS) is 14.4. The van der Waals surface area contributed by atoms with E-state index in [9.17, 15) is 18.3 Å². The van der Waals surface area contributed by atoms with E-state index >= 15 is 0 Å². The summed E-state index contributed by atoms with van der Waals surface area (Å²) in [4.78, 5) is 12.7. The average Bonchev–Trinajstić information content (AvgIpc) is 3.20. The number of hydrogen-bond donors (Lipinski definition) is 2. The lowest BCUT2D eigenvalue weighted by molar-refractivity contribution is -0.142. The maximum atomic E-state index is 13.1. The number of aliphatic hydroxyl groups is 1. The van der Waals surface area contributed by atoms with E-state index in [4.69, 9.17) is 4.74 Å². The molecule has 2 N–H and O–H groups in total. The Morgan fingerprint density at radius 3 is 2.22 bits per heavy atom. The van der Waals surface area contributed by atoms with Crippen molar-refractivity contribution in [3.63, 3.8) is 0 Å². The second kappa shape index (κ2) is 11.6. The lowest BCUT2D eigenvalue weighted by atomic mass is 9.74. The molecule has 1 aromatic carbocycles. The first-order valence-electron chi connectivity index (χ1n) is 12.3. The van der Waals surface area contributed by atoms with Crippen molar-refractivity contribution < 1.29 is 27.8 Å². The van der Waals surface area contributed by atoms with Gasteiger partial charge >= 0.3 is 5.97 Å². The molecule has 0 fully saturated rings. The van der Waals surface area contributed by atoms with Gasteiger partial charge in [0, 0.05) is 10.3 Å². The largest absolute Gasteiger partial charge is 0.491 e. The first-order chi connectivity index (χ1) is 16.6. The van der Waals surface area contributed by atoms with E-state index in [1.165, 1.54) is 25.4 Å². The van der Waals surface area contributed by atoms with Gasteiger partial charge in [0.15, 0.2) is 0 Å². The van der Waals surface area contributed by atoms with Crippen LogP contribution in [0.1, 0.15) is 76.0 Å². The summed E-state index contributed by atoms with van der Waals surface area (Å²) in [6.07, 6.45) is 0.959. The van der Waals surface area contributed by atoms with E-state index in [0.717, 1.165) is 34.6 Å². The SMILES string of the molecule is CCC(CC)(c1ccc(OCC(O)C(C)(C)C)c(C)c1)c1cc(C)c(S(=O)(=O)N[C@H](C)C(=O)OC)s1. The van der Waals surface area contributed by atoms with Gasteiger partial charge in [0.05, 0.1) is 13.2 Å². The van der Waals surface area contributed by atoms with Crippen molar-refractivity contribution in [1.82, 2.24) is 4.72 Å². The van der Waals surface area contributed by atoms with E-state index in [1.54, 1.807) is 6.92 Å². The van der Waals surface area contributed by atoms with Gasteiger partial charge < -0.3 is 14.6 Å². The number of aryl methyl sites for hydroxylation is 2. The molecule has 7 nitrogen and oxygen atoms in total.